The number of ether oxygens (including phenoxy) is 1. The maximum Gasteiger partial charge on any atom is 0.328 e. The molecule has 1 aromatic carbocycles. The highest BCUT2D eigenvalue weighted by Gasteiger charge is 2.24. The molecule has 1 aromatic rings. The first kappa shape index (κ1) is 17.0. The second-order valence-electron chi connectivity index (χ2n) is 4.92. The molecule has 0 saturated carbocycles. The van der Waals surface area contributed by atoms with Crippen LogP contribution < -0.4 is 10.1 Å². The van der Waals surface area contributed by atoms with Crippen molar-refractivity contribution in [3.05, 3.63) is 29.3 Å². The topological polar surface area (TPSA) is 95.9 Å². The Morgan fingerprint density at radius 3 is 2.57 bits per heavy atom. The van der Waals surface area contributed by atoms with Crippen molar-refractivity contribution in [1.29, 1.82) is 0 Å². The van der Waals surface area contributed by atoms with Gasteiger partial charge >= 0.3 is 5.97 Å². The van der Waals surface area contributed by atoms with Crippen molar-refractivity contribution in [3.63, 3.8) is 0 Å². The van der Waals surface area contributed by atoms with Crippen LogP contribution in [0.4, 0.5) is 0 Å². The van der Waals surface area contributed by atoms with E-state index in [0.29, 0.717) is 5.75 Å². The maximum atomic E-state index is 11.6. The minimum atomic E-state index is -1.31. The lowest BCUT2D eigenvalue weighted by Gasteiger charge is -2.17. The zero-order valence-electron chi connectivity index (χ0n) is 12.4. The molecule has 1 amide bonds. The smallest absolute Gasteiger partial charge is 0.328 e. The summed E-state index contributed by atoms with van der Waals surface area (Å²) in [6.45, 7) is 5.35. The number of carbonyl (C=O) groups excluding carboxylic acids is 1. The Kier molecular flexibility index (Phi) is 6.17. The van der Waals surface area contributed by atoms with Crippen molar-refractivity contribution < 1.29 is 24.5 Å². The van der Waals surface area contributed by atoms with Crippen LogP contribution in [-0.2, 0) is 9.59 Å². The highest BCUT2D eigenvalue weighted by molar-refractivity contribution is 5.83. The van der Waals surface area contributed by atoms with E-state index in [1.807, 2.05) is 32.0 Å². The van der Waals surface area contributed by atoms with E-state index in [-0.39, 0.29) is 13.0 Å². The SMILES string of the molecule is Cc1cccc(OCCC(=O)NC(C(=O)O)C(C)O)c1C. The molecule has 0 aliphatic carbocycles. The number of amides is 1. The summed E-state index contributed by atoms with van der Waals surface area (Å²) in [6, 6.07) is 4.34. The van der Waals surface area contributed by atoms with E-state index in [2.05, 4.69) is 5.32 Å². The number of hydrogen-bond acceptors (Lipinski definition) is 4. The number of nitrogens with one attached hydrogen (secondary N) is 1. The fourth-order valence-corrected chi connectivity index (χ4v) is 1.77. The summed E-state index contributed by atoms with van der Waals surface area (Å²) >= 11 is 0. The number of carbonyl (C=O) groups is 2. The molecule has 1 rings (SSSR count). The number of aliphatic hydroxyl groups excluding tert-OH is 1. The summed E-state index contributed by atoms with van der Waals surface area (Å²) in [5.74, 6) is -1.05. The van der Waals surface area contributed by atoms with E-state index >= 15 is 0 Å². The number of rotatable bonds is 7. The normalized spacial score (nSPS) is 13.3. The summed E-state index contributed by atoms with van der Waals surface area (Å²) in [5.41, 5.74) is 2.10. The minimum absolute atomic E-state index is 0.0177. The average molecular weight is 295 g/mol. The van der Waals surface area contributed by atoms with Crippen LogP contribution in [0, 0.1) is 13.8 Å². The molecule has 6 heteroatoms. The van der Waals surface area contributed by atoms with E-state index in [0.717, 1.165) is 11.1 Å². The lowest BCUT2D eigenvalue weighted by molar-refractivity contribution is -0.144. The van der Waals surface area contributed by atoms with Gasteiger partial charge in [-0.05, 0) is 38.0 Å². The molecule has 116 valence electrons. The van der Waals surface area contributed by atoms with Crippen LogP contribution in [0.15, 0.2) is 18.2 Å². The molecule has 3 N–H and O–H groups in total. The number of carboxylic acids is 1. The highest BCUT2D eigenvalue weighted by atomic mass is 16.5. The van der Waals surface area contributed by atoms with Crippen LogP contribution in [-0.4, -0.2) is 40.8 Å². The number of benzene rings is 1. The van der Waals surface area contributed by atoms with Crippen LogP contribution in [0.2, 0.25) is 0 Å². The molecule has 2 unspecified atom stereocenters. The molecule has 0 saturated heterocycles. The molecule has 0 heterocycles. The summed E-state index contributed by atoms with van der Waals surface area (Å²) in [7, 11) is 0. The van der Waals surface area contributed by atoms with Crippen LogP contribution in [0.3, 0.4) is 0 Å². The largest absolute Gasteiger partial charge is 0.493 e. The third-order valence-corrected chi connectivity index (χ3v) is 3.21. The molecule has 0 fully saturated rings. The first-order valence-electron chi connectivity index (χ1n) is 6.72. The zero-order chi connectivity index (χ0) is 16.0. The molecule has 0 radical (unpaired) electrons. The monoisotopic (exact) mass is 295 g/mol. The lowest BCUT2D eigenvalue weighted by atomic mass is 10.1. The molecule has 0 aliphatic heterocycles. The standard InChI is InChI=1S/C15H21NO5/c1-9-5-4-6-12(10(9)2)21-8-7-13(18)16-14(11(3)17)15(19)20/h4-6,11,14,17H,7-8H2,1-3H3,(H,16,18)(H,19,20). The molecule has 0 bridgehead atoms. The Bertz CT molecular complexity index is 513. The summed E-state index contributed by atoms with van der Waals surface area (Å²) < 4.78 is 5.52. The van der Waals surface area contributed by atoms with Crippen molar-refractivity contribution in [3.8, 4) is 5.75 Å². The van der Waals surface area contributed by atoms with Gasteiger partial charge in [0.2, 0.25) is 5.91 Å². The fraction of sp³-hybridized carbons (Fsp3) is 0.467. The van der Waals surface area contributed by atoms with Gasteiger partial charge in [-0.25, -0.2) is 4.79 Å². The van der Waals surface area contributed by atoms with Gasteiger partial charge in [0, 0.05) is 0 Å². The third kappa shape index (κ3) is 5.07. The van der Waals surface area contributed by atoms with Gasteiger partial charge in [-0.2, -0.15) is 0 Å². The van der Waals surface area contributed by atoms with Gasteiger partial charge < -0.3 is 20.3 Å². The van der Waals surface area contributed by atoms with Gasteiger partial charge in [0.25, 0.3) is 0 Å². The third-order valence-electron chi connectivity index (χ3n) is 3.21. The molecule has 2 atom stereocenters. The second-order valence-corrected chi connectivity index (χ2v) is 4.92. The Morgan fingerprint density at radius 1 is 1.33 bits per heavy atom. The van der Waals surface area contributed by atoms with Gasteiger partial charge in [-0.3, -0.25) is 4.79 Å². The quantitative estimate of drug-likeness (QED) is 0.698. The van der Waals surface area contributed by atoms with Crippen molar-refractivity contribution in [2.75, 3.05) is 6.61 Å². The van der Waals surface area contributed by atoms with Crippen molar-refractivity contribution >= 4 is 11.9 Å². The molecule has 6 nitrogen and oxygen atoms in total. The molecule has 21 heavy (non-hydrogen) atoms. The van der Waals surface area contributed by atoms with Crippen LogP contribution in [0.25, 0.3) is 0 Å². The van der Waals surface area contributed by atoms with Gasteiger partial charge in [-0.15, -0.1) is 0 Å². The first-order valence-corrected chi connectivity index (χ1v) is 6.72. The lowest BCUT2D eigenvalue weighted by Crippen LogP contribution is -2.47. The number of hydrogen-bond donors (Lipinski definition) is 3. The number of carboxylic acid groups (broad SMARTS) is 1. The summed E-state index contributed by atoms with van der Waals surface area (Å²) in [5, 5.41) is 20.4. The van der Waals surface area contributed by atoms with E-state index in [9.17, 15) is 14.7 Å². The van der Waals surface area contributed by atoms with E-state index in [1.54, 1.807) is 0 Å². The molecule has 0 spiro atoms. The van der Waals surface area contributed by atoms with Crippen molar-refractivity contribution in [2.24, 2.45) is 0 Å². The Balaban J connectivity index is 2.47. The van der Waals surface area contributed by atoms with Gasteiger partial charge in [-0.1, -0.05) is 12.1 Å². The average Bonchev–Trinajstić information content (AvgIpc) is 2.40. The van der Waals surface area contributed by atoms with Crippen LogP contribution in [0.5, 0.6) is 5.75 Å². The van der Waals surface area contributed by atoms with Gasteiger partial charge in [0.15, 0.2) is 6.04 Å². The van der Waals surface area contributed by atoms with Crippen LogP contribution in [0.1, 0.15) is 24.5 Å². The summed E-state index contributed by atoms with van der Waals surface area (Å²) in [6.07, 6.45) is -1.14. The minimum Gasteiger partial charge on any atom is -0.493 e. The predicted octanol–water partition coefficient (Wildman–Crippen LogP) is 1.02. The Labute approximate surface area is 123 Å². The van der Waals surface area contributed by atoms with E-state index < -0.39 is 24.0 Å². The summed E-state index contributed by atoms with van der Waals surface area (Å²) in [4.78, 5) is 22.5. The van der Waals surface area contributed by atoms with Gasteiger partial charge in [0.1, 0.15) is 5.75 Å². The predicted molar refractivity (Wildman–Crippen MR) is 77.3 cm³/mol. The molecular formula is C15H21NO5. The second kappa shape index (κ2) is 7.64. The first-order chi connectivity index (χ1) is 9.82. The number of aliphatic carboxylic acids is 1. The van der Waals surface area contributed by atoms with Crippen molar-refractivity contribution in [1.82, 2.24) is 5.32 Å². The number of aliphatic hydroxyl groups is 1. The Morgan fingerprint density at radius 2 is 2.00 bits per heavy atom. The fourth-order valence-electron chi connectivity index (χ4n) is 1.77. The maximum absolute atomic E-state index is 11.6. The zero-order valence-corrected chi connectivity index (χ0v) is 12.4. The van der Waals surface area contributed by atoms with E-state index in [4.69, 9.17) is 9.84 Å². The van der Waals surface area contributed by atoms with E-state index in [1.165, 1.54) is 6.92 Å². The number of aryl methyl sites for hydroxylation is 1. The molecule has 0 aliphatic rings. The van der Waals surface area contributed by atoms with Crippen molar-refractivity contribution in [2.45, 2.75) is 39.3 Å². The Hall–Kier alpha value is -2.08. The van der Waals surface area contributed by atoms with Gasteiger partial charge in [0.05, 0.1) is 19.1 Å². The highest BCUT2D eigenvalue weighted by Crippen LogP contribution is 2.20. The van der Waals surface area contributed by atoms with Crippen LogP contribution >= 0.6 is 0 Å². The molecular weight excluding hydrogens is 274 g/mol. The molecule has 0 aromatic heterocycles.